The molecule has 1 atom stereocenters. The van der Waals surface area contributed by atoms with E-state index in [2.05, 4.69) is 47.4 Å². The summed E-state index contributed by atoms with van der Waals surface area (Å²) in [6.07, 6.45) is 5.29. The molecule has 0 N–H and O–H groups in total. The second-order valence-electron chi connectivity index (χ2n) is 6.21. The Bertz CT molecular complexity index is 562. The lowest BCUT2D eigenvalue weighted by Crippen LogP contribution is -2.31. The summed E-state index contributed by atoms with van der Waals surface area (Å²) >= 11 is 6.05. The van der Waals surface area contributed by atoms with E-state index in [9.17, 15) is 0 Å². The van der Waals surface area contributed by atoms with Crippen molar-refractivity contribution in [2.24, 2.45) is 0 Å². The van der Waals surface area contributed by atoms with E-state index in [1.807, 2.05) is 12.1 Å². The monoisotopic (exact) mass is 349 g/mol. The Hall–Kier alpha value is -1.02. The molecule has 2 aromatic rings. The summed E-state index contributed by atoms with van der Waals surface area (Å²) in [4.78, 5) is 2.62. The number of piperidine rings is 1. The zero-order valence-corrected chi connectivity index (χ0v) is 15.0. The molecule has 0 bridgehead atoms. The molecular formula is C20H25Cl2N. The first kappa shape index (κ1) is 18.3. The van der Waals surface area contributed by atoms with Crippen LogP contribution in [0.5, 0.6) is 0 Å². The van der Waals surface area contributed by atoms with Crippen molar-refractivity contribution in [1.82, 2.24) is 4.90 Å². The van der Waals surface area contributed by atoms with Crippen LogP contribution in [0.2, 0.25) is 5.02 Å². The van der Waals surface area contributed by atoms with Crippen LogP contribution in [-0.4, -0.2) is 24.5 Å². The Balaban J connectivity index is 0.00000192. The standard InChI is InChI=1S/C20H24ClN.ClH/c21-19-11-9-18(10-12-19)20(17-7-3-1-4-8-17)13-16-22-14-5-2-6-15-22;/h1,3-4,7-12,20H,2,5-6,13-16H2;1H. The molecule has 0 amide bonds. The molecule has 1 nitrogen and oxygen atoms in total. The van der Waals surface area contributed by atoms with Crippen molar-refractivity contribution in [3.8, 4) is 0 Å². The first-order chi connectivity index (χ1) is 10.8. The van der Waals surface area contributed by atoms with Gasteiger partial charge in [0, 0.05) is 10.9 Å². The highest BCUT2D eigenvalue weighted by atomic mass is 35.5. The van der Waals surface area contributed by atoms with E-state index in [1.54, 1.807) is 0 Å². The van der Waals surface area contributed by atoms with Crippen molar-refractivity contribution in [3.63, 3.8) is 0 Å². The highest BCUT2D eigenvalue weighted by Crippen LogP contribution is 2.29. The Labute approximate surface area is 151 Å². The van der Waals surface area contributed by atoms with Crippen LogP contribution in [0.25, 0.3) is 0 Å². The van der Waals surface area contributed by atoms with Gasteiger partial charge in [0.2, 0.25) is 0 Å². The van der Waals surface area contributed by atoms with Crippen molar-refractivity contribution < 1.29 is 0 Å². The van der Waals surface area contributed by atoms with Crippen LogP contribution in [0.1, 0.15) is 42.7 Å². The van der Waals surface area contributed by atoms with Crippen LogP contribution in [0.4, 0.5) is 0 Å². The van der Waals surface area contributed by atoms with Gasteiger partial charge < -0.3 is 4.90 Å². The SMILES string of the molecule is Cl.Clc1ccc(C(CCN2CCCCC2)c2ccccc2)cc1. The van der Waals surface area contributed by atoms with Crippen LogP contribution in [0.15, 0.2) is 54.6 Å². The van der Waals surface area contributed by atoms with Crippen LogP contribution < -0.4 is 0 Å². The summed E-state index contributed by atoms with van der Waals surface area (Å²) in [5, 5.41) is 0.812. The topological polar surface area (TPSA) is 3.24 Å². The third kappa shape index (κ3) is 5.24. The third-order valence-electron chi connectivity index (χ3n) is 4.66. The fraction of sp³-hybridized carbons (Fsp3) is 0.400. The molecule has 3 heteroatoms. The van der Waals surface area contributed by atoms with Gasteiger partial charge in [-0.05, 0) is 62.2 Å². The van der Waals surface area contributed by atoms with Gasteiger partial charge in [-0.1, -0.05) is 60.5 Å². The molecular weight excluding hydrogens is 325 g/mol. The molecule has 1 aliphatic rings. The summed E-state index contributed by atoms with van der Waals surface area (Å²) in [6.45, 7) is 3.71. The van der Waals surface area contributed by atoms with Gasteiger partial charge in [0.25, 0.3) is 0 Å². The van der Waals surface area contributed by atoms with Gasteiger partial charge in [0.15, 0.2) is 0 Å². The zero-order valence-electron chi connectivity index (χ0n) is 13.5. The summed E-state index contributed by atoms with van der Waals surface area (Å²) in [5.74, 6) is 0.459. The lowest BCUT2D eigenvalue weighted by Gasteiger charge is -2.28. The summed E-state index contributed by atoms with van der Waals surface area (Å²) in [6, 6.07) is 19.2. The Kier molecular flexibility index (Phi) is 7.42. The van der Waals surface area contributed by atoms with Gasteiger partial charge in [-0.3, -0.25) is 0 Å². The number of rotatable bonds is 5. The van der Waals surface area contributed by atoms with Crippen LogP contribution >= 0.6 is 24.0 Å². The number of likely N-dealkylation sites (tertiary alicyclic amines) is 1. The molecule has 0 saturated carbocycles. The Morgan fingerprint density at radius 2 is 1.43 bits per heavy atom. The maximum absolute atomic E-state index is 6.05. The van der Waals surface area contributed by atoms with E-state index in [-0.39, 0.29) is 12.4 Å². The van der Waals surface area contributed by atoms with Crippen molar-refractivity contribution in [1.29, 1.82) is 0 Å². The first-order valence-electron chi connectivity index (χ1n) is 8.36. The largest absolute Gasteiger partial charge is 0.303 e. The molecule has 0 aliphatic carbocycles. The fourth-order valence-electron chi connectivity index (χ4n) is 3.40. The fourth-order valence-corrected chi connectivity index (χ4v) is 3.53. The molecule has 3 rings (SSSR count). The van der Waals surface area contributed by atoms with Crippen molar-refractivity contribution in [2.45, 2.75) is 31.6 Å². The van der Waals surface area contributed by atoms with Gasteiger partial charge in [0.05, 0.1) is 0 Å². The molecule has 1 fully saturated rings. The van der Waals surface area contributed by atoms with Crippen molar-refractivity contribution in [3.05, 3.63) is 70.7 Å². The van der Waals surface area contributed by atoms with Gasteiger partial charge in [-0.2, -0.15) is 0 Å². The number of benzene rings is 2. The highest BCUT2D eigenvalue weighted by molar-refractivity contribution is 6.30. The molecule has 1 aliphatic heterocycles. The molecule has 0 spiro atoms. The molecule has 0 radical (unpaired) electrons. The molecule has 124 valence electrons. The number of nitrogens with zero attached hydrogens (tertiary/aromatic N) is 1. The highest BCUT2D eigenvalue weighted by Gasteiger charge is 2.17. The third-order valence-corrected chi connectivity index (χ3v) is 4.91. The Morgan fingerprint density at radius 3 is 2.09 bits per heavy atom. The molecule has 23 heavy (non-hydrogen) atoms. The smallest absolute Gasteiger partial charge is 0.0406 e. The minimum atomic E-state index is 0. The maximum atomic E-state index is 6.05. The van der Waals surface area contributed by atoms with Crippen molar-refractivity contribution in [2.75, 3.05) is 19.6 Å². The predicted octanol–water partition coefficient (Wildman–Crippen LogP) is 5.77. The Morgan fingerprint density at radius 1 is 0.826 bits per heavy atom. The van der Waals surface area contributed by atoms with E-state index in [0.717, 1.165) is 5.02 Å². The average molecular weight is 350 g/mol. The lowest BCUT2D eigenvalue weighted by atomic mass is 9.88. The summed E-state index contributed by atoms with van der Waals surface area (Å²) < 4.78 is 0. The van der Waals surface area contributed by atoms with Crippen LogP contribution in [-0.2, 0) is 0 Å². The molecule has 2 aromatic carbocycles. The summed E-state index contributed by atoms with van der Waals surface area (Å²) in [5.41, 5.74) is 2.77. The van der Waals surface area contributed by atoms with E-state index < -0.39 is 0 Å². The molecule has 1 heterocycles. The normalized spacial score (nSPS) is 16.6. The van der Waals surface area contributed by atoms with E-state index in [0.29, 0.717) is 5.92 Å². The first-order valence-corrected chi connectivity index (χ1v) is 8.73. The average Bonchev–Trinajstić information content (AvgIpc) is 2.58. The zero-order chi connectivity index (χ0) is 15.2. The van der Waals surface area contributed by atoms with E-state index in [1.165, 1.54) is 56.4 Å². The minimum absolute atomic E-state index is 0. The predicted molar refractivity (Wildman–Crippen MR) is 102 cm³/mol. The van der Waals surface area contributed by atoms with Gasteiger partial charge >= 0.3 is 0 Å². The summed E-state index contributed by atoms with van der Waals surface area (Å²) in [7, 11) is 0. The van der Waals surface area contributed by atoms with E-state index in [4.69, 9.17) is 11.6 Å². The van der Waals surface area contributed by atoms with Crippen LogP contribution in [0, 0.1) is 0 Å². The van der Waals surface area contributed by atoms with Gasteiger partial charge in [-0.25, -0.2) is 0 Å². The van der Waals surface area contributed by atoms with Gasteiger partial charge in [0.1, 0.15) is 0 Å². The van der Waals surface area contributed by atoms with Crippen LogP contribution in [0.3, 0.4) is 0 Å². The number of hydrogen-bond acceptors (Lipinski definition) is 1. The number of hydrogen-bond donors (Lipinski definition) is 0. The van der Waals surface area contributed by atoms with E-state index >= 15 is 0 Å². The minimum Gasteiger partial charge on any atom is -0.303 e. The number of halogens is 2. The second kappa shape index (κ2) is 9.32. The van der Waals surface area contributed by atoms with Crippen molar-refractivity contribution >= 4 is 24.0 Å². The lowest BCUT2D eigenvalue weighted by molar-refractivity contribution is 0.223. The molecule has 1 saturated heterocycles. The maximum Gasteiger partial charge on any atom is 0.0406 e. The second-order valence-corrected chi connectivity index (χ2v) is 6.64. The molecule has 0 aromatic heterocycles. The molecule has 1 unspecified atom stereocenters. The quantitative estimate of drug-likeness (QED) is 0.662. The van der Waals surface area contributed by atoms with Gasteiger partial charge in [-0.15, -0.1) is 12.4 Å².